The molecule has 1 aromatic heterocycles. The molecule has 1 heterocycles. The molecule has 0 aliphatic rings. The second kappa shape index (κ2) is 7.62. The van der Waals surface area contributed by atoms with Crippen molar-refractivity contribution in [1.82, 2.24) is 4.57 Å². The van der Waals surface area contributed by atoms with E-state index in [4.69, 9.17) is 4.74 Å². The lowest BCUT2D eigenvalue weighted by atomic mass is 10.1. The summed E-state index contributed by atoms with van der Waals surface area (Å²) < 4.78 is 33.9. The Balaban J connectivity index is 1.42. The monoisotopic (exact) mass is 362 g/mol. The standard InChI is InChI=1S/C23H18F2NO/c24-20-5-1-17(2-6-20)12-14-27-22-9-10-23-19(15-22)11-13-26(23)16-18-3-7-21(25)8-4-18/h1-10,13,15H,12,14,16H2. The summed E-state index contributed by atoms with van der Waals surface area (Å²) in [7, 11) is 0. The van der Waals surface area contributed by atoms with Crippen LogP contribution in [-0.2, 0) is 13.0 Å². The zero-order valence-electron chi connectivity index (χ0n) is 14.7. The first-order valence-electron chi connectivity index (χ1n) is 8.80. The fourth-order valence-corrected chi connectivity index (χ4v) is 3.04. The van der Waals surface area contributed by atoms with Crippen LogP contribution in [0.3, 0.4) is 0 Å². The summed E-state index contributed by atoms with van der Waals surface area (Å²) in [4.78, 5) is 0. The molecule has 0 saturated heterocycles. The lowest BCUT2D eigenvalue weighted by Gasteiger charge is -2.08. The van der Waals surface area contributed by atoms with E-state index in [-0.39, 0.29) is 11.6 Å². The third-order valence-electron chi connectivity index (χ3n) is 4.49. The van der Waals surface area contributed by atoms with Crippen molar-refractivity contribution in [2.75, 3.05) is 6.61 Å². The van der Waals surface area contributed by atoms with E-state index >= 15 is 0 Å². The fourth-order valence-electron chi connectivity index (χ4n) is 3.04. The Bertz CT molecular complexity index is 1040. The van der Waals surface area contributed by atoms with Gasteiger partial charge in [-0.05, 0) is 53.6 Å². The van der Waals surface area contributed by atoms with Gasteiger partial charge in [0, 0.05) is 36.1 Å². The van der Waals surface area contributed by atoms with Gasteiger partial charge in [-0.3, -0.25) is 0 Å². The highest BCUT2D eigenvalue weighted by molar-refractivity contribution is 5.81. The summed E-state index contributed by atoms with van der Waals surface area (Å²) >= 11 is 0. The lowest BCUT2D eigenvalue weighted by Crippen LogP contribution is -2.01. The second-order valence-corrected chi connectivity index (χ2v) is 6.43. The summed E-state index contributed by atoms with van der Waals surface area (Å²) in [5.41, 5.74) is 3.11. The first kappa shape index (κ1) is 17.3. The number of benzene rings is 3. The van der Waals surface area contributed by atoms with Crippen molar-refractivity contribution < 1.29 is 13.5 Å². The minimum absolute atomic E-state index is 0.231. The van der Waals surface area contributed by atoms with Crippen LogP contribution in [0, 0.1) is 17.7 Å². The molecule has 0 saturated carbocycles. The van der Waals surface area contributed by atoms with E-state index in [0.717, 1.165) is 27.8 Å². The van der Waals surface area contributed by atoms with Crippen LogP contribution in [0.5, 0.6) is 5.75 Å². The number of hydrogen-bond acceptors (Lipinski definition) is 1. The van der Waals surface area contributed by atoms with Crippen LogP contribution in [-0.4, -0.2) is 11.2 Å². The first-order chi connectivity index (χ1) is 13.2. The third-order valence-corrected chi connectivity index (χ3v) is 4.49. The maximum Gasteiger partial charge on any atom is 0.123 e. The van der Waals surface area contributed by atoms with Crippen LogP contribution >= 0.6 is 0 Å². The molecule has 0 aliphatic heterocycles. The molecule has 3 aromatic carbocycles. The number of aromatic nitrogens is 1. The van der Waals surface area contributed by atoms with Crippen molar-refractivity contribution in [2.45, 2.75) is 13.0 Å². The minimum atomic E-state index is -0.231. The summed E-state index contributed by atoms with van der Waals surface area (Å²) in [6.45, 7) is 1.18. The van der Waals surface area contributed by atoms with Gasteiger partial charge in [0.05, 0.1) is 6.61 Å². The van der Waals surface area contributed by atoms with Crippen LogP contribution in [0.2, 0.25) is 0 Å². The van der Waals surface area contributed by atoms with Gasteiger partial charge in [-0.2, -0.15) is 0 Å². The highest BCUT2D eigenvalue weighted by Crippen LogP contribution is 2.23. The van der Waals surface area contributed by atoms with Crippen LogP contribution in [0.15, 0.2) is 72.9 Å². The van der Waals surface area contributed by atoms with Crippen molar-refractivity contribution in [3.05, 3.63) is 102 Å². The molecule has 4 heteroatoms. The SMILES string of the molecule is Fc1ccc(CCOc2ccc3c([c]cn3Cc3ccc(F)cc3)c2)cc1. The van der Waals surface area contributed by atoms with E-state index in [0.29, 0.717) is 19.6 Å². The number of nitrogens with zero attached hydrogens (tertiary/aromatic N) is 1. The number of ether oxygens (including phenoxy) is 1. The molecule has 1 radical (unpaired) electrons. The number of fused-ring (bicyclic) bond motifs is 1. The predicted molar refractivity (Wildman–Crippen MR) is 102 cm³/mol. The summed E-state index contributed by atoms with van der Waals surface area (Å²) in [5.74, 6) is 0.316. The van der Waals surface area contributed by atoms with Crippen LogP contribution < -0.4 is 4.74 Å². The van der Waals surface area contributed by atoms with Crippen molar-refractivity contribution in [3.63, 3.8) is 0 Å². The molecular formula is C23H18F2NO. The largest absolute Gasteiger partial charge is 0.493 e. The Morgan fingerprint density at radius 1 is 0.815 bits per heavy atom. The van der Waals surface area contributed by atoms with Gasteiger partial charge in [0.1, 0.15) is 17.4 Å². The van der Waals surface area contributed by atoms with Gasteiger partial charge >= 0.3 is 0 Å². The molecule has 0 amide bonds. The van der Waals surface area contributed by atoms with Crippen molar-refractivity contribution in [3.8, 4) is 5.75 Å². The van der Waals surface area contributed by atoms with Crippen LogP contribution in [0.25, 0.3) is 10.9 Å². The topological polar surface area (TPSA) is 14.2 Å². The normalized spacial score (nSPS) is 11.0. The van der Waals surface area contributed by atoms with Gasteiger partial charge in [0.15, 0.2) is 0 Å². The van der Waals surface area contributed by atoms with Gasteiger partial charge in [0.2, 0.25) is 0 Å². The quantitative estimate of drug-likeness (QED) is 0.449. The van der Waals surface area contributed by atoms with E-state index in [2.05, 4.69) is 10.6 Å². The van der Waals surface area contributed by atoms with E-state index in [1.54, 1.807) is 24.3 Å². The van der Waals surface area contributed by atoms with Crippen molar-refractivity contribution in [1.29, 1.82) is 0 Å². The molecule has 0 fully saturated rings. The summed E-state index contributed by atoms with van der Waals surface area (Å²) in [6.07, 6.45) is 2.62. The number of halogens is 2. The Hall–Kier alpha value is -3.14. The summed E-state index contributed by atoms with van der Waals surface area (Å²) in [6, 6.07) is 22.1. The van der Waals surface area contributed by atoms with Gasteiger partial charge in [0.25, 0.3) is 0 Å². The van der Waals surface area contributed by atoms with E-state index < -0.39 is 0 Å². The number of rotatable bonds is 6. The maximum atomic E-state index is 13.0. The molecule has 0 aliphatic carbocycles. The smallest absolute Gasteiger partial charge is 0.123 e. The Morgan fingerprint density at radius 2 is 1.48 bits per heavy atom. The van der Waals surface area contributed by atoms with E-state index in [9.17, 15) is 8.78 Å². The zero-order valence-corrected chi connectivity index (χ0v) is 14.7. The van der Waals surface area contributed by atoms with E-state index in [1.807, 2.05) is 24.4 Å². The molecule has 135 valence electrons. The molecule has 0 N–H and O–H groups in total. The van der Waals surface area contributed by atoms with Gasteiger partial charge in [-0.25, -0.2) is 8.78 Å². The average molecular weight is 362 g/mol. The Morgan fingerprint density at radius 3 is 2.19 bits per heavy atom. The number of hydrogen-bond donors (Lipinski definition) is 0. The summed E-state index contributed by atoms with van der Waals surface area (Å²) in [5, 5.41) is 0.969. The van der Waals surface area contributed by atoms with Crippen molar-refractivity contribution >= 4 is 10.9 Å². The minimum Gasteiger partial charge on any atom is -0.493 e. The Labute approximate surface area is 156 Å². The average Bonchev–Trinajstić information content (AvgIpc) is 3.07. The molecular weight excluding hydrogens is 344 g/mol. The predicted octanol–water partition coefficient (Wildman–Crippen LogP) is 5.39. The highest BCUT2D eigenvalue weighted by atomic mass is 19.1. The van der Waals surface area contributed by atoms with E-state index in [1.165, 1.54) is 24.3 Å². The van der Waals surface area contributed by atoms with Crippen LogP contribution in [0.1, 0.15) is 11.1 Å². The zero-order chi connectivity index (χ0) is 18.6. The first-order valence-corrected chi connectivity index (χ1v) is 8.80. The molecule has 0 unspecified atom stereocenters. The van der Waals surface area contributed by atoms with Crippen molar-refractivity contribution in [2.24, 2.45) is 0 Å². The molecule has 0 spiro atoms. The molecule has 27 heavy (non-hydrogen) atoms. The molecule has 2 nitrogen and oxygen atoms in total. The van der Waals surface area contributed by atoms with Gasteiger partial charge in [-0.1, -0.05) is 24.3 Å². The molecule has 0 bridgehead atoms. The fraction of sp³-hybridized carbons (Fsp3) is 0.130. The molecule has 4 rings (SSSR count). The Kier molecular flexibility index (Phi) is 4.88. The van der Waals surface area contributed by atoms with Crippen LogP contribution in [0.4, 0.5) is 8.78 Å². The lowest BCUT2D eigenvalue weighted by molar-refractivity contribution is 0.322. The highest BCUT2D eigenvalue weighted by Gasteiger charge is 2.05. The molecule has 4 aromatic rings. The van der Waals surface area contributed by atoms with Gasteiger partial charge < -0.3 is 9.30 Å². The van der Waals surface area contributed by atoms with Gasteiger partial charge in [-0.15, -0.1) is 0 Å². The second-order valence-electron chi connectivity index (χ2n) is 6.43. The maximum absolute atomic E-state index is 13.0. The third kappa shape index (κ3) is 4.17. The molecule has 0 atom stereocenters.